The summed E-state index contributed by atoms with van der Waals surface area (Å²) >= 11 is 0. The van der Waals surface area contributed by atoms with E-state index in [2.05, 4.69) is 31.0 Å². The van der Waals surface area contributed by atoms with Crippen molar-refractivity contribution in [2.24, 2.45) is 11.8 Å². The van der Waals surface area contributed by atoms with Crippen molar-refractivity contribution >= 4 is 34.7 Å². The second kappa shape index (κ2) is 15.9. The van der Waals surface area contributed by atoms with Crippen molar-refractivity contribution in [2.75, 3.05) is 13.7 Å². The molecular weight excluding hydrogens is 658 g/mol. The standard InChI is InChI=1S/C36H45F4N5O5/c1-6-20(3)28(19-41-34(49)50-5)43-33(48)35(16-15-27-24(18-35)23-12-10-13-25(31(23)42-27)36(38,39)40)45-32(47)30(21(4)7-2)44-29(46)17-22-11-8-9-14-26(22)37/h8-14,20-21,28,30,42H,6-7,15-19H2,1-5H3,(H,41,49)(H,43,48)(H,44,46)(H,45,47)/t20?,21?,28?,30?,35-/m0/s1. The molecule has 0 spiro atoms. The molecule has 3 aromatic rings. The molecule has 1 aliphatic rings. The van der Waals surface area contributed by atoms with E-state index in [1.807, 2.05) is 20.8 Å². The van der Waals surface area contributed by atoms with Gasteiger partial charge in [0.1, 0.15) is 17.4 Å². The van der Waals surface area contributed by atoms with Crippen molar-refractivity contribution in [3.05, 3.63) is 70.7 Å². The number of ether oxygens (including phenoxy) is 1. The monoisotopic (exact) mass is 703 g/mol. The van der Waals surface area contributed by atoms with Crippen LogP contribution in [0.2, 0.25) is 0 Å². The van der Waals surface area contributed by atoms with E-state index in [9.17, 15) is 36.7 Å². The zero-order valence-corrected chi connectivity index (χ0v) is 28.9. The van der Waals surface area contributed by atoms with Gasteiger partial charge in [0.05, 0.1) is 24.6 Å². The van der Waals surface area contributed by atoms with Gasteiger partial charge in [-0.1, -0.05) is 70.9 Å². The van der Waals surface area contributed by atoms with Crippen LogP contribution in [-0.2, 0) is 44.6 Å². The van der Waals surface area contributed by atoms with Crippen LogP contribution >= 0.6 is 0 Å². The van der Waals surface area contributed by atoms with Gasteiger partial charge in [-0.3, -0.25) is 14.4 Å². The maximum atomic E-state index is 14.5. The predicted molar refractivity (Wildman–Crippen MR) is 179 cm³/mol. The summed E-state index contributed by atoms with van der Waals surface area (Å²) in [5.74, 6) is -2.94. The third kappa shape index (κ3) is 8.56. The number of fused-ring (bicyclic) bond motifs is 3. The molecule has 272 valence electrons. The second-order valence-electron chi connectivity index (χ2n) is 13.1. The molecule has 14 heteroatoms. The molecule has 1 aromatic heterocycles. The minimum atomic E-state index is -4.63. The van der Waals surface area contributed by atoms with Crippen LogP contribution in [0.3, 0.4) is 0 Å². The lowest BCUT2D eigenvalue weighted by Crippen LogP contribution is -2.66. The number of methoxy groups -OCH3 is 1. The summed E-state index contributed by atoms with van der Waals surface area (Å²) in [6.45, 7) is 7.41. The van der Waals surface area contributed by atoms with E-state index in [4.69, 9.17) is 0 Å². The Kier molecular flexibility index (Phi) is 12.2. The fourth-order valence-corrected chi connectivity index (χ4v) is 6.37. The molecule has 0 saturated carbocycles. The zero-order chi connectivity index (χ0) is 36.8. The molecule has 1 heterocycles. The fourth-order valence-electron chi connectivity index (χ4n) is 6.37. The van der Waals surface area contributed by atoms with Crippen LogP contribution in [0, 0.1) is 17.7 Å². The topological polar surface area (TPSA) is 141 Å². The number of aryl methyl sites for hydroxylation is 1. The summed E-state index contributed by atoms with van der Waals surface area (Å²) < 4.78 is 60.9. The molecule has 0 fully saturated rings. The van der Waals surface area contributed by atoms with E-state index in [0.717, 1.165) is 6.07 Å². The third-order valence-corrected chi connectivity index (χ3v) is 9.83. The highest BCUT2D eigenvalue weighted by Crippen LogP contribution is 2.40. The first-order valence-electron chi connectivity index (χ1n) is 16.8. The quantitative estimate of drug-likeness (QED) is 0.153. The zero-order valence-electron chi connectivity index (χ0n) is 28.9. The Morgan fingerprint density at radius 2 is 1.68 bits per heavy atom. The first-order valence-corrected chi connectivity index (χ1v) is 16.8. The maximum absolute atomic E-state index is 14.5. The van der Waals surface area contributed by atoms with Crippen LogP contribution < -0.4 is 21.3 Å². The lowest BCUT2D eigenvalue weighted by Gasteiger charge is -2.40. The van der Waals surface area contributed by atoms with E-state index < -0.39 is 64.9 Å². The number of hydrogen-bond acceptors (Lipinski definition) is 5. The molecule has 1 aliphatic carbocycles. The molecule has 0 bridgehead atoms. The van der Waals surface area contributed by atoms with Crippen molar-refractivity contribution < 1.29 is 41.5 Å². The third-order valence-electron chi connectivity index (χ3n) is 9.83. The minimum Gasteiger partial charge on any atom is -0.453 e. The summed E-state index contributed by atoms with van der Waals surface area (Å²) in [7, 11) is 1.21. The highest BCUT2D eigenvalue weighted by Gasteiger charge is 2.47. The number of halogens is 4. The van der Waals surface area contributed by atoms with Crippen molar-refractivity contribution in [3.63, 3.8) is 0 Å². The highest BCUT2D eigenvalue weighted by molar-refractivity contribution is 5.97. The van der Waals surface area contributed by atoms with Gasteiger partial charge in [-0.05, 0) is 47.9 Å². The Bertz CT molecular complexity index is 1710. The molecule has 0 saturated heterocycles. The molecule has 5 atom stereocenters. The number of aromatic amines is 1. The van der Waals surface area contributed by atoms with Crippen LogP contribution in [-0.4, -0.2) is 60.1 Å². The molecule has 5 N–H and O–H groups in total. The molecule has 4 rings (SSSR count). The van der Waals surface area contributed by atoms with Crippen molar-refractivity contribution in [3.8, 4) is 0 Å². The van der Waals surface area contributed by atoms with Crippen LogP contribution in [0.1, 0.15) is 69.3 Å². The molecule has 2 aromatic carbocycles. The number of alkyl carbamates (subject to hydrolysis) is 1. The van der Waals surface area contributed by atoms with Gasteiger partial charge >= 0.3 is 12.3 Å². The van der Waals surface area contributed by atoms with Gasteiger partial charge in [-0.2, -0.15) is 13.2 Å². The lowest BCUT2D eigenvalue weighted by atomic mass is 9.78. The van der Waals surface area contributed by atoms with Crippen LogP contribution in [0.4, 0.5) is 22.4 Å². The number of para-hydroxylation sites is 1. The van der Waals surface area contributed by atoms with Gasteiger partial charge in [0.15, 0.2) is 0 Å². The number of aromatic nitrogens is 1. The fraction of sp³-hybridized carbons (Fsp3) is 0.500. The number of alkyl halides is 3. The van der Waals surface area contributed by atoms with Crippen molar-refractivity contribution in [1.29, 1.82) is 0 Å². The molecule has 10 nitrogen and oxygen atoms in total. The number of benzene rings is 2. The van der Waals surface area contributed by atoms with Gasteiger partial charge in [0.25, 0.3) is 0 Å². The Morgan fingerprint density at radius 3 is 2.32 bits per heavy atom. The number of H-pyrrole nitrogens is 1. The number of amides is 4. The first kappa shape index (κ1) is 38.2. The van der Waals surface area contributed by atoms with Crippen LogP contribution in [0.5, 0.6) is 0 Å². The molecule has 4 amide bonds. The van der Waals surface area contributed by atoms with E-state index in [1.165, 1.54) is 31.4 Å². The Hall–Kier alpha value is -4.62. The number of hydrogen-bond donors (Lipinski definition) is 5. The molecule has 4 unspecified atom stereocenters. The molecule has 0 aliphatic heterocycles. The summed E-state index contributed by atoms with van der Waals surface area (Å²) in [6, 6.07) is 7.93. The van der Waals surface area contributed by atoms with Crippen molar-refractivity contribution in [1.82, 2.24) is 26.3 Å². The summed E-state index contributed by atoms with van der Waals surface area (Å²) in [6.07, 6.45) is -4.52. The number of carbonyl (C=O) groups excluding carboxylic acids is 4. The first-order chi connectivity index (χ1) is 23.6. The largest absolute Gasteiger partial charge is 0.453 e. The van der Waals surface area contributed by atoms with Gasteiger partial charge in [0, 0.05) is 30.1 Å². The van der Waals surface area contributed by atoms with E-state index in [-0.39, 0.29) is 54.6 Å². The Labute approximate surface area is 288 Å². The van der Waals surface area contributed by atoms with E-state index >= 15 is 0 Å². The van der Waals surface area contributed by atoms with Crippen LogP contribution in [0.25, 0.3) is 10.9 Å². The average molecular weight is 704 g/mol. The lowest BCUT2D eigenvalue weighted by molar-refractivity contribution is -0.137. The molecular formula is C36H45F4N5O5. The van der Waals surface area contributed by atoms with Gasteiger partial charge in [0.2, 0.25) is 17.7 Å². The summed E-state index contributed by atoms with van der Waals surface area (Å²) in [4.78, 5) is 56.6. The smallest absolute Gasteiger partial charge is 0.418 e. The SMILES string of the molecule is CCC(C)C(CNC(=O)OC)NC(=O)[C@]1(NC(=O)C(NC(=O)Cc2ccccc2F)C(C)CC)CCc2[nH]c3c(C(F)(F)F)cccc3c2C1. The second-order valence-corrected chi connectivity index (χ2v) is 13.1. The average Bonchev–Trinajstić information content (AvgIpc) is 3.46. The highest BCUT2D eigenvalue weighted by atomic mass is 19.4. The maximum Gasteiger partial charge on any atom is 0.418 e. The number of rotatable bonds is 13. The van der Waals surface area contributed by atoms with E-state index in [1.54, 1.807) is 19.1 Å². The van der Waals surface area contributed by atoms with Gasteiger partial charge in [-0.15, -0.1) is 0 Å². The number of carbonyl (C=O) groups is 4. The molecule has 50 heavy (non-hydrogen) atoms. The van der Waals surface area contributed by atoms with Crippen LogP contribution in [0.15, 0.2) is 42.5 Å². The van der Waals surface area contributed by atoms with Gasteiger partial charge < -0.3 is 31.0 Å². The van der Waals surface area contributed by atoms with Crippen molar-refractivity contribution in [2.45, 2.75) is 90.0 Å². The minimum absolute atomic E-state index is 0.0202. The summed E-state index contributed by atoms with van der Waals surface area (Å²) in [5.41, 5.74) is -1.46. The number of nitrogens with one attached hydrogen (secondary N) is 5. The molecule has 0 radical (unpaired) electrons. The Morgan fingerprint density at radius 1 is 0.980 bits per heavy atom. The Balaban J connectivity index is 1.72. The normalized spacial score (nSPS) is 18.3. The predicted octanol–water partition coefficient (Wildman–Crippen LogP) is 5.33. The summed E-state index contributed by atoms with van der Waals surface area (Å²) in [5, 5.41) is 11.5. The van der Waals surface area contributed by atoms with Gasteiger partial charge in [-0.25, -0.2) is 9.18 Å². The van der Waals surface area contributed by atoms with E-state index in [0.29, 0.717) is 24.1 Å².